The molecule has 2 atom stereocenters. The molecule has 2 nitrogen and oxygen atoms in total. The van der Waals surface area contributed by atoms with E-state index in [1.54, 1.807) is 7.11 Å². The van der Waals surface area contributed by atoms with E-state index in [-0.39, 0.29) is 5.60 Å². The Kier molecular flexibility index (Phi) is 2.57. The summed E-state index contributed by atoms with van der Waals surface area (Å²) in [7, 11) is 1.78. The van der Waals surface area contributed by atoms with Gasteiger partial charge in [-0.05, 0) is 25.5 Å². The molecule has 2 rings (SSSR count). The fraction of sp³-hybridized carbons (Fsp3) is 0.500. The molecule has 1 fully saturated rings. The molecule has 1 aliphatic heterocycles. The largest absolute Gasteiger partial charge is 0.372 e. The van der Waals surface area contributed by atoms with Gasteiger partial charge in [0.2, 0.25) is 0 Å². The van der Waals surface area contributed by atoms with Crippen molar-refractivity contribution in [3.63, 3.8) is 0 Å². The van der Waals surface area contributed by atoms with E-state index in [0.29, 0.717) is 6.04 Å². The first-order valence-corrected chi connectivity index (χ1v) is 5.11. The van der Waals surface area contributed by atoms with Crippen molar-refractivity contribution in [1.82, 2.24) is 5.32 Å². The van der Waals surface area contributed by atoms with Gasteiger partial charge in [0, 0.05) is 13.2 Å². The highest BCUT2D eigenvalue weighted by atomic mass is 16.5. The van der Waals surface area contributed by atoms with Crippen molar-refractivity contribution in [2.45, 2.75) is 25.0 Å². The molecule has 76 valence electrons. The topological polar surface area (TPSA) is 21.3 Å². The highest BCUT2D eigenvalue weighted by molar-refractivity contribution is 5.25. The molecule has 1 aliphatic rings. The minimum Gasteiger partial charge on any atom is -0.372 e. The Morgan fingerprint density at radius 3 is 2.43 bits per heavy atom. The van der Waals surface area contributed by atoms with Crippen LogP contribution >= 0.6 is 0 Å². The number of hydrogen-bond acceptors (Lipinski definition) is 2. The Bertz CT molecular complexity index is 294. The van der Waals surface area contributed by atoms with Gasteiger partial charge in [-0.3, -0.25) is 0 Å². The summed E-state index contributed by atoms with van der Waals surface area (Å²) < 4.78 is 5.67. The van der Waals surface area contributed by atoms with Crippen LogP contribution < -0.4 is 5.32 Å². The molecule has 1 N–H and O–H groups in total. The number of hydrogen-bond donors (Lipinski definition) is 1. The summed E-state index contributed by atoms with van der Waals surface area (Å²) in [6.45, 7) is 3.26. The maximum absolute atomic E-state index is 5.67. The van der Waals surface area contributed by atoms with E-state index in [4.69, 9.17) is 4.74 Å². The van der Waals surface area contributed by atoms with Crippen molar-refractivity contribution < 1.29 is 4.74 Å². The molecule has 2 heteroatoms. The molecule has 0 aliphatic carbocycles. The maximum atomic E-state index is 5.67. The van der Waals surface area contributed by atoms with Gasteiger partial charge in [0.1, 0.15) is 5.60 Å². The highest BCUT2D eigenvalue weighted by Gasteiger charge is 2.39. The summed E-state index contributed by atoms with van der Waals surface area (Å²) in [5, 5.41) is 3.41. The van der Waals surface area contributed by atoms with Gasteiger partial charge in [0.05, 0.1) is 0 Å². The van der Waals surface area contributed by atoms with Crippen LogP contribution in [0.2, 0.25) is 0 Å². The lowest BCUT2D eigenvalue weighted by Gasteiger charge is -2.43. The molecule has 14 heavy (non-hydrogen) atoms. The Labute approximate surface area is 85.3 Å². The van der Waals surface area contributed by atoms with E-state index < -0.39 is 0 Å². The molecule has 0 unspecified atom stereocenters. The quantitative estimate of drug-likeness (QED) is 0.788. The van der Waals surface area contributed by atoms with Gasteiger partial charge in [-0.1, -0.05) is 30.3 Å². The molecule has 1 saturated heterocycles. The molecule has 1 heterocycles. The molecule has 0 amide bonds. The minimum absolute atomic E-state index is 0.181. The Hall–Kier alpha value is -0.860. The van der Waals surface area contributed by atoms with Gasteiger partial charge in [0.15, 0.2) is 0 Å². The lowest BCUT2D eigenvalue weighted by Crippen LogP contribution is -2.56. The van der Waals surface area contributed by atoms with Gasteiger partial charge < -0.3 is 10.1 Å². The van der Waals surface area contributed by atoms with E-state index in [0.717, 1.165) is 6.54 Å². The molecule has 1 aromatic carbocycles. The second-order valence-electron chi connectivity index (χ2n) is 3.97. The SMILES string of the molecule is CO[C@](C)(c1ccccc1)[C@@H]1CCN1. The molecule has 0 aromatic heterocycles. The van der Waals surface area contributed by atoms with Gasteiger partial charge in [-0.15, -0.1) is 0 Å². The van der Waals surface area contributed by atoms with Crippen LogP contribution in [0.15, 0.2) is 30.3 Å². The first kappa shape index (κ1) is 9.69. The normalized spacial score (nSPS) is 25.1. The van der Waals surface area contributed by atoms with E-state index in [9.17, 15) is 0 Å². The smallest absolute Gasteiger partial charge is 0.105 e. The molecular weight excluding hydrogens is 174 g/mol. The Morgan fingerprint density at radius 2 is 2.00 bits per heavy atom. The predicted molar refractivity (Wildman–Crippen MR) is 57.2 cm³/mol. The summed E-state index contributed by atoms with van der Waals surface area (Å²) in [5.74, 6) is 0. The predicted octanol–water partition coefficient (Wildman–Crippen LogP) is 1.91. The van der Waals surface area contributed by atoms with Crippen LogP contribution in [0.25, 0.3) is 0 Å². The number of rotatable bonds is 3. The highest BCUT2D eigenvalue weighted by Crippen LogP contribution is 2.32. The minimum atomic E-state index is -0.181. The van der Waals surface area contributed by atoms with Gasteiger partial charge in [-0.25, -0.2) is 0 Å². The van der Waals surface area contributed by atoms with Crippen LogP contribution in [0.5, 0.6) is 0 Å². The zero-order valence-electron chi connectivity index (χ0n) is 8.79. The van der Waals surface area contributed by atoms with E-state index >= 15 is 0 Å². The molecular formula is C12H17NO. The zero-order valence-corrected chi connectivity index (χ0v) is 8.79. The van der Waals surface area contributed by atoms with E-state index in [1.807, 2.05) is 6.07 Å². The van der Waals surface area contributed by atoms with Crippen molar-refractivity contribution in [2.24, 2.45) is 0 Å². The summed E-state index contributed by atoms with van der Waals surface area (Å²) in [4.78, 5) is 0. The maximum Gasteiger partial charge on any atom is 0.105 e. The third-order valence-electron chi connectivity index (χ3n) is 3.26. The van der Waals surface area contributed by atoms with Gasteiger partial charge in [0.25, 0.3) is 0 Å². The standard InChI is InChI=1S/C12H17NO/c1-12(14-2,11-8-9-13-11)10-6-4-3-5-7-10/h3-7,11,13H,8-9H2,1-2H3/t11-,12+/m0/s1. The van der Waals surface area contributed by atoms with Crippen LogP contribution in [0.3, 0.4) is 0 Å². The molecule has 1 aromatic rings. The van der Waals surface area contributed by atoms with Crippen LogP contribution in [0.1, 0.15) is 18.9 Å². The lowest BCUT2D eigenvalue weighted by atomic mass is 9.82. The number of nitrogens with one attached hydrogen (secondary N) is 1. The van der Waals surface area contributed by atoms with Crippen molar-refractivity contribution in [3.05, 3.63) is 35.9 Å². The second-order valence-corrected chi connectivity index (χ2v) is 3.97. The lowest BCUT2D eigenvalue weighted by molar-refractivity contribution is -0.0496. The van der Waals surface area contributed by atoms with Crippen LogP contribution in [-0.4, -0.2) is 19.7 Å². The van der Waals surface area contributed by atoms with Crippen molar-refractivity contribution >= 4 is 0 Å². The molecule has 0 radical (unpaired) electrons. The van der Waals surface area contributed by atoms with Gasteiger partial charge in [-0.2, -0.15) is 0 Å². The van der Waals surface area contributed by atoms with E-state index in [1.165, 1.54) is 12.0 Å². The molecule has 0 spiro atoms. The average molecular weight is 191 g/mol. The van der Waals surface area contributed by atoms with Crippen molar-refractivity contribution in [3.8, 4) is 0 Å². The summed E-state index contributed by atoms with van der Waals surface area (Å²) in [6.07, 6.45) is 1.19. The third kappa shape index (κ3) is 1.45. The summed E-state index contributed by atoms with van der Waals surface area (Å²) in [5.41, 5.74) is 1.07. The zero-order chi connectivity index (χ0) is 10.0. The number of ether oxygens (including phenoxy) is 1. The second kappa shape index (κ2) is 3.71. The fourth-order valence-corrected chi connectivity index (χ4v) is 1.99. The molecule has 0 saturated carbocycles. The molecule has 0 bridgehead atoms. The van der Waals surface area contributed by atoms with Crippen LogP contribution in [0, 0.1) is 0 Å². The third-order valence-corrected chi connectivity index (χ3v) is 3.26. The summed E-state index contributed by atoms with van der Waals surface area (Å²) >= 11 is 0. The van der Waals surface area contributed by atoms with Crippen LogP contribution in [-0.2, 0) is 10.3 Å². The summed E-state index contributed by atoms with van der Waals surface area (Å²) in [6, 6.07) is 10.9. The number of methoxy groups -OCH3 is 1. The monoisotopic (exact) mass is 191 g/mol. The first-order chi connectivity index (χ1) is 6.77. The Balaban J connectivity index is 2.27. The van der Waals surface area contributed by atoms with Crippen molar-refractivity contribution in [1.29, 1.82) is 0 Å². The Morgan fingerprint density at radius 1 is 1.36 bits per heavy atom. The van der Waals surface area contributed by atoms with Gasteiger partial charge >= 0.3 is 0 Å². The first-order valence-electron chi connectivity index (χ1n) is 5.11. The average Bonchev–Trinajstić information content (AvgIpc) is 2.16. The fourth-order valence-electron chi connectivity index (χ4n) is 1.99. The number of benzene rings is 1. The van der Waals surface area contributed by atoms with Crippen molar-refractivity contribution in [2.75, 3.05) is 13.7 Å². The van der Waals surface area contributed by atoms with Crippen LogP contribution in [0.4, 0.5) is 0 Å². The van der Waals surface area contributed by atoms with E-state index in [2.05, 4.69) is 36.5 Å².